The monoisotopic (exact) mass is 481 g/mol. The van der Waals surface area contributed by atoms with E-state index < -0.39 is 41.5 Å². The molecule has 4 aromatic rings. The van der Waals surface area contributed by atoms with Crippen molar-refractivity contribution in [3.63, 3.8) is 0 Å². The average molecular weight is 481 g/mol. The second-order valence-corrected chi connectivity index (χ2v) is 7.73. The number of hydrogen-bond acceptors (Lipinski definition) is 5. The first kappa shape index (κ1) is 22.3. The van der Waals surface area contributed by atoms with Crippen LogP contribution in [0.1, 0.15) is 38.0 Å². The molecular weight excluding hydrogens is 469 g/mol. The second-order valence-electron chi connectivity index (χ2n) is 6.73. The molecule has 0 atom stereocenters. The van der Waals surface area contributed by atoms with E-state index in [0.29, 0.717) is 23.0 Å². The van der Waals surface area contributed by atoms with Crippen molar-refractivity contribution in [1.82, 2.24) is 15.2 Å². The van der Waals surface area contributed by atoms with Crippen molar-refractivity contribution in [2.24, 2.45) is 5.73 Å². The first-order valence-corrected chi connectivity index (χ1v) is 9.92. The van der Waals surface area contributed by atoms with Gasteiger partial charge in [-0.25, -0.2) is 13.8 Å². The Morgan fingerprint density at radius 1 is 1.12 bits per heavy atom. The molecule has 3 heterocycles. The Balaban J connectivity index is 1.90. The highest BCUT2D eigenvalue weighted by atomic mass is 32.1. The minimum absolute atomic E-state index is 0.00578. The molecule has 0 fully saturated rings. The normalized spacial score (nSPS) is 11.8. The largest absolute Gasteiger partial charge is 0.432 e. The molecular formula is C20H12F5N5O2S. The van der Waals surface area contributed by atoms with Gasteiger partial charge < -0.3 is 11.1 Å². The number of carbonyl (C=O) groups is 2. The summed E-state index contributed by atoms with van der Waals surface area (Å²) in [4.78, 5) is 28.4. The van der Waals surface area contributed by atoms with Crippen LogP contribution < -0.4 is 11.1 Å². The fourth-order valence-corrected chi connectivity index (χ4v) is 4.14. The summed E-state index contributed by atoms with van der Waals surface area (Å²) in [6.45, 7) is 0. The molecule has 7 nitrogen and oxygen atoms in total. The van der Waals surface area contributed by atoms with Crippen molar-refractivity contribution in [3.05, 3.63) is 64.4 Å². The predicted octanol–water partition coefficient (Wildman–Crippen LogP) is 4.99. The third-order valence-corrected chi connectivity index (χ3v) is 5.67. The lowest BCUT2D eigenvalue weighted by molar-refractivity contribution is -0.141. The zero-order valence-electron chi connectivity index (χ0n) is 16.2. The number of nitrogens with two attached hydrogens (primary N) is 1. The number of halogens is 5. The number of H-pyrrole nitrogens is 1. The van der Waals surface area contributed by atoms with E-state index in [4.69, 9.17) is 5.73 Å². The molecule has 0 unspecified atom stereocenters. The van der Waals surface area contributed by atoms with Crippen molar-refractivity contribution in [2.45, 2.75) is 12.6 Å². The van der Waals surface area contributed by atoms with E-state index in [1.165, 1.54) is 0 Å². The minimum Gasteiger partial charge on any atom is -0.365 e. The van der Waals surface area contributed by atoms with Crippen LogP contribution in [0.2, 0.25) is 0 Å². The van der Waals surface area contributed by atoms with E-state index in [1.54, 1.807) is 35.4 Å². The number of pyridine rings is 1. The molecule has 0 spiro atoms. The molecule has 1 aromatic carbocycles. The van der Waals surface area contributed by atoms with Gasteiger partial charge in [0.1, 0.15) is 21.1 Å². The Hall–Kier alpha value is -3.87. The number of rotatable bonds is 5. The number of nitrogens with one attached hydrogen (secondary N) is 2. The molecule has 170 valence electrons. The molecule has 4 N–H and O–H groups in total. The number of benzene rings is 1. The van der Waals surface area contributed by atoms with Crippen LogP contribution in [0.25, 0.3) is 21.3 Å². The number of thiophene rings is 1. The van der Waals surface area contributed by atoms with Crippen LogP contribution >= 0.6 is 11.3 Å². The average Bonchev–Trinajstić information content (AvgIpc) is 3.39. The SMILES string of the molecule is NC(=O)c1sc2nc(C(F)F)cc(-c3ccccc3)c2c1NC(=O)c1cc(C(F)(F)F)[nH]n1. The number of anilines is 1. The summed E-state index contributed by atoms with van der Waals surface area (Å²) in [6.07, 6.45) is -7.67. The quantitative estimate of drug-likeness (QED) is 0.348. The van der Waals surface area contributed by atoms with Crippen molar-refractivity contribution in [2.75, 3.05) is 5.32 Å². The maximum atomic E-state index is 13.5. The maximum absolute atomic E-state index is 13.5. The molecule has 0 saturated carbocycles. The first-order valence-electron chi connectivity index (χ1n) is 9.11. The number of nitrogens with zero attached hydrogens (tertiary/aromatic N) is 2. The number of aromatic amines is 1. The number of carbonyl (C=O) groups excluding carboxylic acids is 2. The van der Waals surface area contributed by atoms with Gasteiger partial charge in [-0.3, -0.25) is 14.7 Å². The molecule has 0 bridgehead atoms. The van der Waals surface area contributed by atoms with Crippen LogP contribution in [0.4, 0.5) is 27.6 Å². The van der Waals surface area contributed by atoms with E-state index in [2.05, 4.69) is 15.4 Å². The molecule has 0 radical (unpaired) electrons. The number of fused-ring (bicyclic) bond motifs is 1. The van der Waals surface area contributed by atoms with Crippen LogP contribution in [0.5, 0.6) is 0 Å². The third kappa shape index (κ3) is 4.26. The van der Waals surface area contributed by atoms with Crippen LogP contribution in [0, 0.1) is 0 Å². The van der Waals surface area contributed by atoms with E-state index in [1.807, 2.05) is 0 Å². The lowest BCUT2D eigenvalue weighted by Crippen LogP contribution is -2.17. The number of primary amides is 1. The van der Waals surface area contributed by atoms with Gasteiger partial charge in [-0.15, -0.1) is 11.3 Å². The predicted molar refractivity (Wildman–Crippen MR) is 110 cm³/mol. The number of amides is 2. The number of hydrogen-bond donors (Lipinski definition) is 3. The molecule has 33 heavy (non-hydrogen) atoms. The summed E-state index contributed by atoms with van der Waals surface area (Å²) < 4.78 is 65.4. The topological polar surface area (TPSA) is 114 Å². The standard InChI is InChI=1S/C20H12F5N5O2S/c21-16(22)10-6-9(8-4-2-1-3-5-8)13-14(15(17(26)31)33-19(13)27-10)28-18(32)11-7-12(30-29-11)20(23,24)25/h1-7,16H,(H2,26,31)(H,28,32)(H,29,30). The van der Waals surface area contributed by atoms with Crippen LogP contribution in [0.15, 0.2) is 42.5 Å². The molecule has 0 aliphatic heterocycles. The van der Waals surface area contributed by atoms with Gasteiger partial charge in [-0.1, -0.05) is 30.3 Å². The van der Waals surface area contributed by atoms with E-state index in [-0.39, 0.29) is 26.3 Å². The fourth-order valence-electron chi connectivity index (χ4n) is 3.13. The Morgan fingerprint density at radius 2 is 1.82 bits per heavy atom. The van der Waals surface area contributed by atoms with Gasteiger partial charge in [-0.05, 0) is 17.2 Å². The summed E-state index contributed by atoms with van der Waals surface area (Å²) in [5.74, 6) is -2.05. The number of aromatic nitrogens is 3. The van der Waals surface area contributed by atoms with Gasteiger partial charge in [0, 0.05) is 11.5 Å². The summed E-state index contributed by atoms with van der Waals surface area (Å²) >= 11 is 0.677. The molecule has 4 rings (SSSR count). The Labute approximate surface area is 185 Å². The first-order chi connectivity index (χ1) is 15.6. The molecule has 13 heteroatoms. The molecule has 0 aliphatic rings. The third-order valence-electron chi connectivity index (χ3n) is 4.57. The molecule has 0 saturated heterocycles. The van der Waals surface area contributed by atoms with Crippen molar-refractivity contribution in [1.29, 1.82) is 0 Å². The van der Waals surface area contributed by atoms with E-state index in [9.17, 15) is 31.5 Å². The lowest BCUT2D eigenvalue weighted by Gasteiger charge is -2.10. The van der Waals surface area contributed by atoms with Crippen LogP contribution in [0.3, 0.4) is 0 Å². The van der Waals surface area contributed by atoms with Crippen molar-refractivity contribution in [3.8, 4) is 11.1 Å². The molecule has 2 amide bonds. The van der Waals surface area contributed by atoms with Crippen LogP contribution in [-0.4, -0.2) is 27.0 Å². The van der Waals surface area contributed by atoms with Gasteiger partial charge in [0.05, 0.1) is 5.69 Å². The fraction of sp³-hybridized carbons (Fsp3) is 0.100. The van der Waals surface area contributed by atoms with Gasteiger partial charge in [0.15, 0.2) is 5.69 Å². The summed E-state index contributed by atoms with van der Waals surface area (Å²) in [7, 11) is 0. The second kappa shape index (κ2) is 8.24. The van der Waals surface area contributed by atoms with Gasteiger partial charge in [-0.2, -0.15) is 18.3 Å². The summed E-state index contributed by atoms with van der Waals surface area (Å²) in [6, 6.07) is 9.89. The highest BCUT2D eigenvalue weighted by molar-refractivity contribution is 7.21. The van der Waals surface area contributed by atoms with Crippen LogP contribution in [-0.2, 0) is 6.18 Å². The Morgan fingerprint density at radius 3 is 2.39 bits per heavy atom. The van der Waals surface area contributed by atoms with Gasteiger partial charge in [0.2, 0.25) is 0 Å². The van der Waals surface area contributed by atoms with Gasteiger partial charge in [0.25, 0.3) is 18.2 Å². The van der Waals surface area contributed by atoms with Crippen molar-refractivity contribution >= 4 is 39.1 Å². The van der Waals surface area contributed by atoms with E-state index in [0.717, 1.165) is 6.07 Å². The van der Waals surface area contributed by atoms with E-state index >= 15 is 0 Å². The number of alkyl halides is 5. The zero-order valence-corrected chi connectivity index (χ0v) is 17.0. The smallest absolute Gasteiger partial charge is 0.365 e. The summed E-state index contributed by atoms with van der Waals surface area (Å²) in [5, 5.41) is 7.56. The molecule has 0 aliphatic carbocycles. The highest BCUT2D eigenvalue weighted by Crippen LogP contribution is 2.42. The zero-order chi connectivity index (χ0) is 23.9. The highest BCUT2D eigenvalue weighted by Gasteiger charge is 2.34. The Kier molecular flexibility index (Phi) is 5.57. The van der Waals surface area contributed by atoms with Gasteiger partial charge >= 0.3 is 6.18 Å². The summed E-state index contributed by atoms with van der Waals surface area (Å²) in [5.41, 5.74) is 3.57. The Bertz CT molecular complexity index is 1360. The van der Waals surface area contributed by atoms with Crippen molar-refractivity contribution < 1.29 is 31.5 Å². The maximum Gasteiger partial charge on any atom is 0.432 e. The minimum atomic E-state index is -4.75. The molecule has 3 aromatic heterocycles. The lowest BCUT2D eigenvalue weighted by atomic mass is 10.0.